The number of hydrogen-bond acceptors (Lipinski definition) is 5. The fourth-order valence-electron chi connectivity index (χ4n) is 2.08. The van der Waals surface area contributed by atoms with Gasteiger partial charge < -0.3 is 20.1 Å². The van der Waals surface area contributed by atoms with Crippen molar-refractivity contribution in [3.8, 4) is 11.5 Å². The van der Waals surface area contributed by atoms with Gasteiger partial charge in [-0.2, -0.15) is 0 Å². The number of ether oxygens (including phenoxy) is 2. The van der Waals surface area contributed by atoms with E-state index >= 15 is 0 Å². The molecule has 2 N–H and O–H groups in total. The number of nitrogens with zero attached hydrogens (tertiary/aromatic N) is 1. The summed E-state index contributed by atoms with van der Waals surface area (Å²) in [6.07, 6.45) is 1.65. The first-order valence-corrected chi connectivity index (χ1v) is 7.31. The molecule has 0 saturated carbocycles. The number of amides is 2. The van der Waals surface area contributed by atoms with E-state index in [1.165, 1.54) is 14.2 Å². The molecule has 0 fully saturated rings. The molecule has 2 aromatic rings. The molecule has 7 heteroatoms. The standard InChI is InChI=1S/C17H19N3O4/c1-23-13-7-5-8-14(24-2)16(13)17(22)20-11-15(21)19-10-12-6-3-4-9-18-12/h3-9H,10-11H2,1-2H3,(H,19,21)(H,20,22). The zero-order chi connectivity index (χ0) is 17.4. The summed E-state index contributed by atoms with van der Waals surface area (Å²) in [4.78, 5) is 28.3. The van der Waals surface area contributed by atoms with Crippen molar-refractivity contribution < 1.29 is 19.1 Å². The molecule has 2 amide bonds. The molecule has 1 heterocycles. The van der Waals surface area contributed by atoms with Crippen LogP contribution in [0.2, 0.25) is 0 Å². The van der Waals surface area contributed by atoms with E-state index in [0.717, 1.165) is 5.69 Å². The molecule has 1 aromatic carbocycles. The molecule has 0 atom stereocenters. The Morgan fingerprint density at radius 1 is 1.00 bits per heavy atom. The summed E-state index contributed by atoms with van der Waals surface area (Å²) in [5, 5.41) is 5.24. The molecule has 0 unspecified atom stereocenters. The van der Waals surface area contributed by atoms with Gasteiger partial charge in [0.15, 0.2) is 0 Å². The second-order valence-corrected chi connectivity index (χ2v) is 4.82. The van der Waals surface area contributed by atoms with Crippen LogP contribution in [0.15, 0.2) is 42.6 Å². The molecule has 7 nitrogen and oxygen atoms in total. The number of hydrogen-bond donors (Lipinski definition) is 2. The van der Waals surface area contributed by atoms with Crippen LogP contribution in [0.5, 0.6) is 11.5 Å². The van der Waals surface area contributed by atoms with Gasteiger partial charge in [0.05, 0.1) is 33.0 Å². The molecular weight excluding hydrogens is 310 g/mol. The predicted octanol–water partition coefficient (Wildman–Crippen LogP) is 1.14. The Morgan fingerprint density at radius 3 is 2.29 bits per heavy atom. The number of benzene rings is 1. The van der Waals surface area contributed by atoms with Crippen LogP contribution in [0.1, 0.15) is 16.1 Å². The Labute approximate surface area is 140 Å². The number of carbonyl (C=O) groups excluding carboxylic acids is 2. The maximum absolute atomic E-state index is 12.3. The second kappa shape index (κ2) is 8.52. The summed E-state index contributed by atoms with van der Waals surface area (Å²) in [6.45, 7) is 0.139. The number of nitrogens with one attached hydrogen (secondary N) is 2. The van der Waals surface area contributed by atoms with Crippen molar-refractivity contribution in [1.82, 2.24) is 15.6 Å². The van der Waals surface area contributed by atoms with Crippen LogP contribution in [0, 0.1) is 0 Å². The lowest BCUT2D eigenvalue weighted by Crippen LogP contribution is -2.37. The fraction of sp³-hybridized carbons (Fsp3) is 0.235. The second-order valence-electron chi connectivity index (χ2n) is 4.82. The summed E-state index contributed by atoms with van der Waals surface area (Å²) in [6, 6.07) is 10.5. The highest BCUT2D eigenvalue weighted by Crippen LogP contribution is 2.27. The zero-order valence-electron chi connectivity index (χ0n) is 13.5. The van der Waals surface area contributed by atoms with E-state index in [1.54, 1.807) is 36.5 Å². The van der Waals surface area contributed by atoms with Crippen molar-refractivity contribution in [2.24, 2.45) is 0 Å². The first-order valence-electron chi connectivity index (χ1n) is 7.31. The highest BCUT2D eigenvalue weighted by Gasteiger charge is 2.18. The minimum atomic E-state index is -0.447. The van der Waals surface area contributed by atoms with Gasteiger partial charge in [0.1, 0.15) is 17.1 Å². The number of aromatic nitrogens is 1. The molecular formula is C17H19N3O4. The molecule has 0 bridgehead atoms. The summed E-state index contributed by atoms with van der Waals surface area (Å²) in [5.41, 5.74) is 0.989. The van der Waals surface area contributed by atoms with Crippen molar-refractivity contribution in [1.29, 1.82) is 0 Å². The van der Waals surface area contributed by atoms with Crippen LogP contribution in [0.4, 0.5) is 0 Å². The quantitative estimate of drug-likeness (QED) is 0.795. The summed E-state index contributed by atoms with van der Waals surface area (Å²) >= 11 is 0. The van der Waals surface area contributed by atoms with E-state index in [4.69, 9.17) is 9.47 Å². The molecule has 1 aromatic heterocycles. The highest BCUT2D eigenvalue weighted by molar-refractivity contribution is 6.01. The van der Waals surface area contributed by atoms with Gasteiger partial charge in [0.25, 0.3) is 5.91 Å². The third-order valence-electron chi connectivity index (χ3n) is 3.26. The van der Waals surface area contributed by atoms with E-state index in [-0.39, 0.29) is 18.0 Å². The Morgan fingerprint density at radius 2 is 1.71 bits per heavy atom. The molecule has 0 saturated heterocycles. The Balaban J connectivity index is 1.92. The average molecular weight is 329 g/mol. The van der Waals surface area contributed by atoms with Gasteiger partial charge in [-0.05, 0) is 24.3 Å². The molecule has 126 valence electrons. The largest absolute Gasteiger partial charge is 0.496 e. The predicted molar refractivity (Wildman–Crippen MR) is 88.0 cm³/mol. The fourth-order valence-corrected chi connectivity index (χ4v) is 2.08. The summed E-state index contributed by atoms with van der Waals surface area (Å²) in [5.74, 6) is -0.0124. The smallest absolute Gasteiger partial charge is 0.259 e. The summed E-state index contributed by atoms with van der Waals surface area (Å²) < 4.78 is 10.3. The first kappa shape index (κ1) is 17.3. The maximum Gasteiger partial charge on any atom is 0.259 e. The molecule has 2 rings (SSSR count). The average Bonchev–Trinajstić information content (AvgIpc) is 2.64. The van der Waals surface area contributed by atoms with Gasteiger partial charge in [-0.15, -0.1) is 0 Å². The molecule has 0 aliphatic carbocycles. The van der Waals surface area contributed by atoms with Gasteiger partial charge in [-0.3, -0.25) is 14.6 Å². The zero-order valence-corrected chi connectivity index (χ0v) is 13.5. The number of rotatable bonds is 7. The SMILES string of the molecule is COc1cccc(OC)c1C(=O)NCC(=O)NCc1ccccn1. The van der Waals surface area contributed by atoms with Crippen LogP contribution >= 0.6 is 0 Å². The lowest BCUT2D eigenvalue weighted by Gasteiger charge is -2.13. The van der Waals surface area contributed by atoms with E-state index in [9.17, 15) is 9.59 Å². The normalized spacial score (nSPS) is 9.92. The van der Waals surface area contributed by atoms with E-state index in [1.807, 2.05) is 6.07 Å². The number of pyridine rings is 1. The van der Waals surface area contributed by atoms with Gasteiger partial charge in [-0.1, -0.05) is 12.1 Å². The summed E-state index contributed by atoms with van der Waals surface area (Å²) in [7, 11) is 2.93. The molecule has 0 spiro atoms. The highest BCUT2D eigenvalue weighted by atomic mass is 16.5. The molecule has 0 radical (unpaired) electrons. The Hall–Kier alpha value is -3.09. The van der Waals surface area contributed by atoms with Gasteiger partial charge in [-0.25, -0.2) is 0 Å². The van der Waals surface area contributed by atoms with Crippen LogP contribution in [-0.4, -0.2) is 37.6 Å². The lowest BCUT2D eigenvalue weighted by molar-refractivity contribution is -0.120. The van der Waals surface area contributed by atoms with E-state index in [2.05, 4.69) is 15.6 Å². The van der Waals surface area contributed by atoms with Gasteiger partial charge in [0, 0.05) is 6.20 Å². The topological polar surface area (TPSA) is 89.5 Å². The molecule has 24 heavy (non-hydrogen) atoms. The van der Waals surface area contributed by atoms with Crippen molar-refractivity contribution >= 4 is 11.8 Å². The third kappa shape index (κ3) is 4.45. The van der Waals surface area contributed by atoms with E-state index in [0.29, 0.717) is 18.0 Å². The minimum absolute atomic E-state index is 0.160. The lowest BCUT2D eigenvalue weighted by atomic mass is 10.1. The van der Waals surface area contributed by atoms with E-state index < -0.39 is 5.91 Å². The Kier molecular flexibility index (Phi) is 6.13. The maximum atomic E-state index is 12.3. The van der Waals surface area contributed by atoms with Crippen LogP contribution < -0.4 is 20.1 Å². The van der Waals surface area contributed by atoms with Crippen molar-refractivity contribution in [3.63, 3.8) is 0 Å². The third-order valence-corrected chi connectivity index (χ3v) is 3.26. The van der Waals surface area contributed by atoms with Crippen LogP contribution in [0.3, 0.4) is 0 Å². The van der Waals surface area contributed by atoms with Gasteiger partial charge >= 0.3 is 0 Å². The number of carbonyl (C=O) groups is 2. The Bertz CT molecular complexity index is 682. The van der Waals surface area contributed by atoms with Crippen LogP contribution in [-0.2, 0) is 11.3 Å². The minimum Gasteiger partial charge on any atom is -0.496 e. The van der Waals surface area contributed by atoms with Crippen molar-refractivity contribution in [2.75, 3.05) is 20.8 Å². The number of methoxy groups -OCH3 is 2. The van der Waals surface area contributed by atoms with Gasteiger partial charge in [0.2, 0.25) is 5.91 Å². The van der Waals surface area contributed by atoms with Crippen LogP contribution in [0.25, 0.3) is 0 Å². The van der Waals surface area contributed by atoms with Crippen molar-refractivity contribution in [2.45, 2.75) is 6.54 Å². The monoisotopic (exact) mass is 329 g/mol. The molecule has 0 aliphatic heterocycles. The van der Waals surface area contributed by atoms with Crippen molar-refractivity contribution in [3.05, 3.63) is 53.9 Å². The first-order chi connectivity index (χ1) is 11.7. The molecule has 0 aliphatic rings.